The average Bonchev–Trinajstić information content (AvgIpc) is 2.35. The Balaban J connectivity index is 2.06. The van der Waals surface area contributed by atoms with Crippen molar-refractivity contribution in [1.29, 1.82) is 0 Å². The molecule has 1 aromatic rings. The van der Waals surface area contributed by atoms with Gasteiger partial charge in [0.2, 0.25) is 0 Å². The Morgan fingerprint density at radius 2 is 2.24 bits per heavy atom. The van der Waals surface area contributed by atoms with Crippen molar-refractivity contribution < 1.29 is 4.74 Å². The van der Waals surface area contributed by atoms with Gasteiger partial charge >= 0.3 is 0 Å². The molecule has 0 spiro atoms. The summed E-state index contributed by atoms with van der Waals surface area (Å²) in [5, 5.41) is 3.42. The molecule has 17 heavy (non-hydrogen) atoms. The Morgan fingerprint density at radius 1 is 1.41 bits per heavy atom. The summed E-state index contributed by atoms with van der Waals surface area (Å²) in [6, 6.07) is 8.95. The minimum atomic E-state index is 0.596. The van der Waals surface area contributed by atoms with Gasteiger partial charge in [-0.1, -0.05) is 18.2 Å². The van der Waals surface area contributed by atoms with Crippen molar-refractivity contribution in [2.24, 2.45) is 0 Å². The highest BCUT2D eigenvalue weighted by Gasteiger charge is 2.18. The molecule has 3 nitrogen and oxygen atoms in total. The van der Waals surface area contributed by atoms with Crippen LogP contribution in [0.2, 0.25) is 0 Å². The maximum absolute atomic E-state index is 5.67. The van der Waals surface area contributed by atoms with Gasteiger partial charge in [0.05, 0.1) is 6.61 Å². The van der Waals surface area contributed by atoms with Crippen LogP contribution in [0.1, 0.15) is 19.4 Å². The molecule has 1 aromatic carbocycles. The number of nitrogens with one attached hydrogen (secondary N) is 1. The van der Waals surface area contributed by atoms with Crippen LogP contribution >= 0.6 is 0 Å². The lowest BCUT2D eigenvalue weighted by Crippen LogP contribution is -2.49. The number of hydrogen-bond donors (Lipinski definition) is 1. The molecule has 3 heteroatoms. The van der Waals surface area contributed by atoms with Crippen LogP contribution in [0.15, 0.2) is 24.3 Å². The van der Waals surface area contributed by atoms with Crippen LogP contribution in [-0.4, -0.2) is 37.2 Å². The molecule has 1 aliphatic heterocycles. The van der Waals surface area contributed by atoms with E-state index in [4.69, 9.17) is 4.74 Å². The molecule has 94 valence electrons. The lowest BCUT2D eigenvalue weighted by Gasteiger charge is -2.34. The maximum Gasteiger partial charge on any atom is 0.123 e. The second-order valence-corrected chi connectivity index (χ2v) is 4.56. The van der Waals surface area contributed by atoms with Crippen LogP contribution in [0.5, 0.6) is 5.75 Å². The summed E-state index contributed by atoms with van der Waals surface area (Å²) in [7, 11) is 0. The van der Waals surface area contributed by atoms with E-state index in [1.54, 1.807) is 0 Å². The third-order valence-electron chi connectivity index (χ3n) is 3.28. The fraction of sp³-hybridized carbons (Fsp3) is 0.571. The summed E-state index contributed by atoms with van der Waals surface area (Å²) in [5.41, 5.74) is 1.29. The third kappa shape index (κ3) is 3.20. The molecule has 0 bridgehead atoms. The summed E-state index contributed by atoms with van der Waals surface area (Å²) >= 11 is 0. The van der Waals surface area contributed by atoms with E-state index in [-0.39, 0.29) is 0 Å². The summed E-state index contributed by atoms with van der Waals surface area (Å²) in [6.07, 6.45) is 0. The van der Waals surface area contributed by atoms with Gasteiger partial charge in [0.25, 0.3) is 0 Å². The van der Waals surface area contributed by atoms with E-state index < -0.39 is 0 Å². The van der Waals surface area contributed by atoms with Crippen molar-refractivity contribution in [2.45, 2.75) is 26.4 Å². The Kier molecular flexibility index (Phi) is 4.40. The second-order valence-electron chi connectivity index (χ2n) is 4.56. The highest BCUT2D eigenvalue weighted by molar-refractivity contribution is 5.33. The van der Waals surface area contributed by atoms with Gasteiger partial charge in [-0.3, -0.25) is 4.90 Å². The number of benzene rings is 1. The zero-order valence-corrected chi connectivity index (χ0v) is 10.8. The first-order chi connectivity index (χ1) is 8.31. The smallest absolute Gasteiger partial charge is 0.123 e. The minimum Gasteiger partial charge on any atom is -0.494 e. The molecule has 0 aliphatic carbocycles. The number of rotatable bonds is 4. The zero-order chi connectivity index (χ0) is 12.1. The zero-order valence-electron chi connectivity index (χ0n) is 10.8. The van der Waals surface area contributed by atoms with E-state index in [0.29, 0.717) is 6.04 Å². The van der Waals surface area contributed by atoms with Crippen LogP contribution in [0, 0.1) is 0 Å². The van der Waals surface area contributed by atoms with E-state index >= 15 is 0 Å². The van der Waals surface area contributed by atoms with E-state index in [0.717, 1.165) is 38.5 Å². The molecule has 1 heterocycles. The third-order valence-corrected chi connectivity index (χ3v) is 3.28. The molecule has 0 unspecified atom stereocenters. The van der Waals surface area contributed by atoms with E-state index in [1.807, 2.05) is 13.0 Å². The van der Waals surface area contributed by atoms with Gasteiger partial charge in [0.15, 0.2) is 0 Å². The maximum atomic E-state index is 5.67. The van der Waals surface area contributed by atoms with Crippen LogP contribution < -0.4 is 10.1 Å². The topological polar surface area (TPSA) is 24.5 Å². The van der Waals surface area contributed by atoms with Crippen molar-refractivity contribution in [1.82, 2.24) is 10.2 Å². The predicted octanol–water partition coefficient (Wildman–Crippen LogP) is 1.88. The van der Waals surface area contributed by atoms with Crippen molar-refractivity contribution >= 4 is 0 Å². The highest BCUT2D eigenvalue weighted by atomic mass is 16.5. The summed E-state index contributed by atoms with van der Waals surface area (Å²) in [6.45, 7) is 9.30. The summed E-state index contributed by atoms with van der Waals surface area (Å²) < 4.78 is 5.67. The quantitative estimate of drug-likeness (QED) is 0.861. The van der Waals surface area contributed by atoms with Crippen LogP contribution in [-0.2, 0) is 6.54 Å². The molecule has 0 radical (unpaired) electrons. The highest BCUT2D eigenvalue weighted by Crippen LogP contribution is 2.21. The van der Waals surface area contributed by atoms with Crippen LogP contribution in [0.3, 0.4) is 0 Å². The SMILES string of the molecule is CCOc1ccccc1CN1CCNC[C@H]1C. The molecule has 2 rings (SSSR count). The summed E-state index contributed by atoms with van der Waals surface area (Å²) in [5.74, 6) is 1.03. The van der Waals surface area contributed by atoms with E-state index in [9.17, 15) is 0 Å². The molecule has 0 amide bonds. The van der Waals surface area contributed by atoms with Gasteiger partial charge in [0.1, 0.15) is 5.75 Å². The number of hydrogen-bond acceptors (Lipinski definition) is 3. The van der Waals surface area contributed by atoms with Gasteiger partial charge in [-0.2, -0.15) is 0 Å². The first kappa shape index (κ1) is 12.4. The van der Waals surface area contributed by atoms with Crippen LogP contribution in [0.25, 0.3) is 0 Å². The Morgan fingerprint density at radius 3 is 3.00 bits per heavy atom. The summed E-state index contributed by atoms with van der Waals surface area (Å²) in [4.78, 5) is 2.51. The molecular formula is C14H22N2O. The standard InChI is InChI=1S/C14H22N2O/c1-3-17-14-7-5-4-6-13(14)11-16-9-8-15-10-12(16)2/h4-7,12,15H,3,8-11H2,1-2H3/t12-/m1/s1. The fourth-order valence-electron chi connectivity index (χ4n) is 2.27. The normalized spacial score (nSPS) is 21.4. The number of para-hydroxylation sites is 1. The first-order valence-corrected chi connectivity index (χ1v) is 6.46. The van der Waals surface area contributed by atoms with Crippen LogP contribution in [0.4, 0.5) is 0 Å². The molecule has 1 fully saturated rings. The molecule has 0 saturated carbocycles. The van der Waals surface area contributed by atoms with Crippen molar-refractivity contribution in [2.75, 3.05) is 26.2 Å². The van der Waals surface area contributed by atoms with Gasteiger partial charge in [-0.15, -0.1) is 0 Å². The predicted molar refractivity (Wildman–Crippen MR) is 70.4 cm³/mol. The van der Waals surface area contributed by atoms with Gasteiger partial charge in [0, 0.05) is 37.8 Å². The molecule has 1 saturated heterocycles. The molecule has 1 N–H and O–H groups in total. The Labute approximate surface area is 104 Å². The van der Waals surface area contributed by atoms with E-state index in [1.165, 1.54) is 5.56 Å². The Bertz CT molecular complexity index is 354. The Hall–Kier alpha value is -1.06. The lowest BCUT2D eigenvalue weighted by atomic mass is 10.1. The lowest BCUT2D eigenvalue weighted by molar-refractivity contribution is 0.163. The monoisotopic (exact) mass is 234 g/mol. The molecular weight excluding hydrogens is 212 g/mol. The van der Waals surface area contributed by atoms with Crippen molar-refractivity contribution in [3.63, 3.8) is 0 Å². The van der Waals surface area contributed by atoms with Crippen molar-refractivity contribution in [3.8, 4) is 5.75 Å². The number of nitrogens with zero attached hydrogens (tertiary/aromatic N) is 1. The first-order valence-electron chi connectivity index (χ1n) is 6.46. The fourth-order valence-corrected chi connectivity index (χ4v) is 2.27. The van der Waals surface area contributed by atoms with Gasteiger partial charge < -0.3 is 10.1 Å². The largest absolute Gasteiger partial charge is 0.494 e. The van der Waals surface area contributed by atoms with E-state index in [2.05, 4.69) is 35.3 Å². The van der Waals surface area contributed by atoms with Crippen molar-refractivity contribution in [3.05, 3.63) is 29.8 Å². The number of ether oxygens (including phenoxy) is 1. The van der Waals surface area contributed by atoms with Gasteiger partial charge in [-0.05, 0) is 19.9 Å². The molecule has 1 atom stereocenters. The number of piperazine rings is 1. The molecule has 0 aromatic heterocycles. The second kappa shape index (κ2) is 6.03. The average molecular weight is 234 g/mol. The minimum absolute atomic E-state index is 0.596. The van der Waals surface area contributed by atoms with Gasteiger partial charge in [-0.25, -0.2) is 0 Å². The molecule has 1 aliphatic rings.